The van der Waals surface area contributed by atoms with Crippen molar-refractivity contribution in [2.45, 2.75) is 82.2 Å². The number of rotatable bonds is 4. The van der Waals surface area contributed by atoms with E-state index in [2.05, 4.69) is 51.7 Å². The van der Waals surface area contributed by atoms with Gasteiger partial charge in [-0.3, -0.25) is 9.13 Å². The summed E-state index contributed by atoms with van der Waals surface area (Å²) in [6.45, 7) is 11.7. The van der Waals surface area contributed by atoms with Crippen LogP contribution in [-0.2, 0) is 23.6 Å². The molecule has 1 aromatic carbocycles. The Bertz CT molecular complexity index is 1530. The number of aromatic nitrogens is 3. The van der Waals surface area contributed by atoms with Gasteiger partial charge in [0.15, 0.2) is 5.65 Å². The fourth-order valence-corrected chi connectivity index (χ4v) is 7.63. The lowest BCUT2D eigenvalue weighted by atomic mass is 9.68. The fraction of sp³-hybridized carbons (Fsp3) is 0.556. The Balaban J connectivity index is 1.47. The van der Waals surface area contributed by atoms with Gasteiger partial charge in [0.1, 0.15) is 0 Å². The molecule has 0 bridgehead atoms. The minimum absolute atomic E-state index is 0.0158. The average Bonchev–Trinajstić information content (AvgIpc) is 3.32. The minimum Gasteiger partial charge on any atom is -0.357 e. The molecule has 1 aliphatic heterocycles. The maximum absolute atomic E-state index is 13.0. The summed E-state index contributed by atoms with van der Waals surface area (Å²) in [5.74, 6) is 1.06. The highest BCUT2D eigenvalue weighted by Crippen LogP contribution is 2.50. The van der Waals surface area contributed by atoms with Crippen LogP contribution in [0.15, 0.2) is 44.9 Å². The maximum Gasteiger partial charge on any atom is 0.330 e. The highest BCUT2D eigenvalue weighted by Gasteiger charge is 2.43. The number of nitrogens with zero attached hydrogens (tertiary/aromatic N) is 4. The second-order valence-electron chi connectivity index (χ2n) is 12.5. The van der Waals surface area contributed by atoms with Gasteiger partial charge in [0, 0.05) is 36.1 Å². The predicted octanol–water partition coefficient (Wildman–Crippen LogP) is 4.66. The molecular weight excluding hydrogens is 506 g/mol. The van der Waals surface area contributed by atoms with Crippen LogP contribution in [0.25, 0.3) is 11.2 Å². The third-order valence-corrected chi connectivity index (χ3v) is 9.86. The number of sulfonamides is 1. The summed E-state index contributed by atoms with van der Waals surface area (Å²) in [5.41, 5.74) is 3.78. The Kier molecular flexibility index (Phi) is 6.32. The number of pyridine rings is 1. The SMILES string of the molecule is Cn1c(=O)n(CC(C)(C)C)c2ccc(C3CCC(C)(C)C(N4CSc5cc(S(N)(=O)=O)ccc54)C3)nc21. The molecule has 8 nitrogen and oxygen atoms in total. The molecule has 2 unspecified atom stereocenters. The second kappa shape index (κ2) is 8.88. The van der Waals surface area contributed by atoms with Gasteiger partial charge in [0.05, 0.1) is 22.0 Å². The quantitative estimate of drug-likeness (QED) is 0.513. The number of benzene rings is 1. The third-order valence-electron chi connectivity index (χ3n) is 7.90. The van der Waals surface area contributed by atoms with E-state index in [0.717, 1.165) is 52.6 Å². The van der Waals surface area contributed by atoms with Gasteiger partial charge >= 0.3 is 5.69 Å². The zero-order valence-corrected chi connectivity index (χ0v) is 24.1. The van der Waals surface area contributed by atoms with Crippen molar-refractivity contribution in [2.24, 2.45) is 23.0 Å². The van der Waals surface area contributed by atoms with Crippen LogP contribution in [0.1, 0.15) is 65.5 Å². The Morgan fingerprint density at radius 1 is 1.19 bits per heavy atom. The van der Waals surface area contributed by atoms with Crippen LogP contribution in [0, 0.1) is 10.8 Å². The van der Waals surface area contributed by atoms with E-state index < -0.39 is 10.0 Å². The van der Waals surface area contributed by atoms with Gasteiger partial charge in [0.25, 0.3) is 0 Å². The lowest BCUT2D eigenvalue weighted by molar-refractivity contribution is 0.177. The number of imidazole rings is 1. The van der Waals surface area contributed by atoms with Crippen LogP contribution in [-0.4, -0.2) is 34.5 Å². The zero-order chi connectivity index (χ0) is 26.9. The van der Waals surface area contributed by atoms with E-state index in [-0.39, 0.29) is 33.4 Å². The Morgan fingerprint density at radius 2 is 1.92 bits per heavy atom. The van der Waals surface area contributed by atoms with Crippen molar-refractivity contribution in [3.8, 4) is 0 Å². The fourth-order valence-electron chi connectivity index (χ4n) is 5.87. The summed E-state index contributed by atoms with van der Waals surface area (Å²) < 4.78 is 27.2. The minimum atomic E-state index is -3.73. The molecule has 200 valence electrons. The predicted molar refractivity (Wildman–Crippen MR) is 150 cm³/mol. The van der Waals surface area contributed by atoms with Crippen LogP contribution >= 0.6 is 11.8 Å². The van der Waals surface area contributed by atoms with E-state index in [0.29, 0.717) is 6.54 Å². The molecule has 2 aromatic heterocycles. The number of aryl methyl sites for hydroxylation is 1. The van der Waals surface area contributed by atoms with Gasteiger partial charge in [-0.2, -0.15) is 0 Å². The Hall–Kier alpha value is -2.30. The van der Waals surface area contributed by atoms with E-state index in [1.807, 2.05) is 17.7 Å². The number of hydrogen-bond donors (Lipinski definition) is 1. The van der Waals surface area contributed by atoms with Crippen molar-refractivity contribution >= 4 is 38.6 Å². The summed E-state index contributed by atoms with van der Waals surface area (Å²) >= 11 is 1.66. The summed E-state index contributed by atoms with van der Waals surface area (Å²) in [4.78, 5) is 21.6. The summed E-state index contributed by atoms with van der Waals surface area (Å²) in [7, 11) is -1.93. The molecule has 37 heavy (non-hydrogen) atoms. The maximum atomic E-state index is 13.0. The molecule has 0 saturated heterocycles. The van der Waals surface area contributed by atoms with E-state index in [9.17, 15) is 13.2 Å². The van der Waals surface area contributed by atoms with Crippen LogP contribution in [0.5, 0.6) is 0 Å². The van der Waals surface area contributed by atoms with Crippen molar-refractivity contribution in [3.63, 3.8) is 0 Å². The molecule has 1 fully saturated rings. The average molecular weight is 544 g/mol. The first-order valence-electron chi connectivity index (χ1n) is 12.8. The van der Waals surface area contributed by atoms with Gasteiger partial charge in [-0.15, -0.1) is 11.8 Å². The normalized spacial score (nSPS) is 22.0. The molecule has 0 amide bonds. The van der Waals surface area contributed by atoms with E-state index in [4.69, 9.17) is 10.1 Å². The van der Waals surface area contributed by atoms with Crippen molar-refractivity contribution in [2.75, 3.05) is 10.8 Å². The molecule has 2 N–H and O–H groups in total. The van der Waals surface area contributed by atoms with Gasteiger partial charge < -0.3 is 4.90 Å². The number of hydrogen-bond acceptors (Lipinski definition) is 6. The first kappa shape index (κ1) is 26.3. The number of nitrogens with two attached hydrogens (primary N) is 1. The smallest absolute Gasteiger partial charge is 0.330 e. The lowest BCUT2D eigenvalue weighted by Gasteiger charge is -2.47. The Labute approximate surface area is 223 Å². The highest BCUT2D eigenvalue weighted by atomic mass is 32.2. The summed E-state index contributed by atoms with van der Waals surface area (Å²) in [6.07, 6.45) is 3.04. The first-order chi connectivity index (χ1) is 17.2. The van der Waals surface area contributed by atoms with E-state index in [1.165, 1.54) is 0 Å². The molecule has 3 aromatic rings. The van der Waals surface area contributed by atoms with Gasteiger partial charge in [0.2, 0.25) is 10.0 Å². The lowest BCUT2D eigenvalue weighted by Crippen LogP contribution is -2.48. The van der Waals surface area contributed by atoms with Crippen LogP contribution in [0.4, 0.5) is 5.69 Å². The molecule has 1 aliphatic carbocycles. The van der Waals surface area contributed by atoms with Crippen LogP contribution < -0.4 is 15.7 Å². The number of primary sulfonamides is 1. The van der Waals surface area contributed by atoms with E-state index in [1.54, 1.807) is 28.5 Å². The van der Waals surface area contributed by atoms with Gasteiger partial charge in [-0.1, -0.05) is 34.6 Å². The molecule has 0 spiro atoms. The largest absolute Gasteiger partial charge is 0.357 e. The first-order valence-corrected chi connectivity index (χ1v) is 15.3. The molecule has 2 atom stereocenters. The Morgan fingerprint density at radius 3 is 2.59 bits per heavy atom. The third kappa shape index (κ3) is 4.83. The molecule has 0 radical (unpaired) electrons. The van der Waals surface area contributed by atoms with Crippen LogP contribution in [0.3, 0.4) is 0 Å². The highest BCUT2D eigenvalue weighted by molar-refractivity contribution is 8.00. The summed E-state index contributed by atoms with van der Waals surface area (Å²) in [6, 6.07) is 9.64. The monoisotopic (exact) mass is 543 g/mol. The summed E-state index contributed by atoms with van der Waals surface area (Å²) in [5, 5.41) is 5.36. The number of anilines is 1. The van der Waals surface area contributed by atoms with Crippen LogP contribution in [0.2, 0.25) is 0 Å². The second-order valence-corrected chi connectivity index (χ2v) is 15.0. The standard InChI is InChI=1S/C27H37N5O3S2/c1-26(2,3)15-31-21-10-8-19(29-24(21)30(6)25(31)33)17-11-12-27(4,5)23(13-17)32-16-36-22-14-18(37(28,34)35)7-9-20(22)32/h7-10,14,17,23H,11-13,15-16H2,1-6H3,(H2,28,34,35). The number of fused-ring (bicyclic) bond motifs is 2. The van der Waals surface area contributed by atoms with E-state index >= 15 is 0 Å². The molecule has 5 rings (SSSR count). The molecular formula is C27H37N5O3S2. The van der Waals surface area contributed by atoms with Crippen molar-refractivity contribution in [3.05, 3.63) is 46.5 Å². The molecule has 10 heteroatoms. The van der Waals surface area contributed by atoms with Gasteiger partial charge in [-0.25, -0.2) is 23.3 Å². The molecule has 2 aliphatic rings. The van der Waals surface area contributed by atoms with Gasteiger partial charge in [-0.05, 0) is 60.4 Å². The topological polar surface area (TPSA) is 103 Å². The molecule has 3 heterocycles. The van der Waals surface area contributed by atoms with Crippen molar-refractivity contribution in [1.82, 2.24) is 14.1 Å². The molecule has 1 saturated carbocycles. The van der Waals surface area contributed by atoms with Crippen molar-refractivity contribution < 1.29 is 8.42 Å². The zero-order valence-electron chi connectivity index (χ0n) is 22.5. The number of thioether (sulfide) groups is 1. The van der Waals surface area contributed by atoms with Crippen molar-refractivity contribution in [1.29, 1.82) is 0 Å².